The van der Waals surface area contributed by atoms with Gasteiger partial charge < -0.3 is 19.2 Å². The topological polar surface area (TPSA) is 127 Å². The molecule has 38 heavy (non-hydrogen) atoms. The molecule has 0 spiro atoms. The standard InChI is InChI=1S/C27H24BrN3O7/c1-3-36-22-12-17(11-20-25(33)30-27(35)31(26(20)34)14-19-5-4-10-37-19)21(28)13-23(22)38-15-24(32)29-18-8-6-16(2)7-9-18/h4-13H,3,14-15H2,1-2H3,(H,29,32)(H,30,33,35)/b20-11+. The molecule has 10 nitrogen and oxygen atoms in total. The fourth-order valence-corrected chi connectivity index (χ4v) is 4.01. The Kier molecular flexibility index (Phi) is 8.27. The number of imide groups is 2. The van der Waals surface area contributed by atoms with Crippen molar-refractivity contribution < 1.29 is 33.1 Å². The van der Waals surface area contributed by atoms with Crippen LogP contribution in [0, 0.1) is 6.92 Å². The van der Waals surface area contributed by atoms with E-state index in [1.54, 1.807) is 43.3 Å². The minimum absolute atomic E-state index is 0.134. The zero-order chi connectivity index (χ0) is 27.2. The molecule has 2 N–H and O–H groups in total. The van der Waals surface area contributed by atoms with Crippen LogP contribution in [0.3, 0.4) is 0 Å². The number of rotatable bonds is 9. The van der Waals surface area contributed by atoms with Gasteiger partial charge in [-0.1, -0.05) is 33.6 Å². The van der Waals surface area contributed by atoms with Crippen LogP contribution in [0.4, 0.5) is 10.5 Å². The van der Waals surface area contributed by atoms with E-state index in [-0.39, 0.29) is 30.4 Å². The third-order valence-corrected chi connectivity index (χ3v) is 6.12. The quantitative estimate of drug-likeness (QED) is 0.282. The Labute approximate surface area is 226 Å². The smallest absolute Gasteiger partial charge is 0.331 e. The minimum atomic E-state index is -0.838. The van der Waals surface area contributed by atoms with Crippen LogP contribution in [0.1, 0.15) is 23.8 Å². The average molecular weight is 582 g/mol. The van der Waals surface area contributed by atoms with E-state index in [0.29, 0.717) is 33.8 Å². The van der Waals surface area contributed by atoms with Gasteiger partial charge in [0.25, 0.3) is 17.7 Å². The van der Waals surface area contributed by atoms with Gasteiger partial charge in [0.1, 0.15) is 11.3 Å². The molecule has 2 aromatic carbocycles. The number of anilines is 1. The van der Waals surface area contributed by atoms with Gasteiger partial charge in [-0.15, -0.1) is 0 Å². The van der Waals surface area contributed by atoms with Gasteiger partial charge >= 0.3 is 6.03 Å². The Morgan fingerprint density at radius 2 is 1.84 bits per heavy atom. The number of benzene rings is 2. The molecule has 1 aliphatic rings. The van der Waals surface area contributed by atoms with Gasteiger partial charge in [-0.05, 0) is 61.9 Å². The number of ether oxygens (including phenoxy) is 2. The summed E-state index contributed by atoms with van der Waals surface area (Å²) in [5.41, 5.74) is 1.90. The van der Waals surface area contributed by atoms with E-state index in [0.717, 1.165) is 10.5 Å². The second kappa shape index (κ2) is 11.8. The van der Waals surface area contributed by atoms with Crippen LogP contribution in [0.5, 0.6) is 11.5 Å². The number of aryl methyl sites for hydroxylation is 1. The summed E-state index contributed by atoms with van der Waals surface area (Å²) in [4.78, 5) is 51.1. The van der Waals surface area contributed by atoms with Crippen molar-refractivity contribution in [2.45, 2.75) is 20.4 Å². The van der Waals surface area contributed by atoms with E-state index in [4.69, 9.17) is 13.9 Å². The maximum absolute atomic E-state index is 13.0. The lowest BCUT2D eigenvalue weighted by molar-refractivity contribution is -0.130. The minimum Gasteiger partial charge on any atom is -0.490 e. The van der Waals surface area contributed by atoms with Gasteiger partial charge in [-0.2, -0.15) is 0 Å². The number of carbonyl (C=O) groups is 4. The Morgan fingerprint density at radius 3 is 2.53 bits per heavy atom. The molecule has 0 atom stereocenters. The average Bonchev–Trinajstić information content (AvgIpc) is 3.40. The Bertz CT molecular complexity index is 1400. The lowest BCUT2D eigenvalue weighted by Crippen LogP contribution is -2.53. The number of barbiturate groups is 1. The molecule has 1 saturated heterocycles. The first-order valence-electron chi connectivity index (χ1n) is 11.6. The number of urea groups is 1. The molecular formula is C27H24BrN3O7. The number of nitrogens with zero attached hydrogens (tertiary/aromatic N) is 1. The Balaban J connectivity index is 1.53. The first kappa shape index (κ1) is 26.7. The molecule has 0 radical (unpaired) electrons. The molecule has 1 fully saturated rings. The third-order valence-electron chi connectivity index (χ3n) is 5.44. The van der Waals surface area contributed by atoms with Gasteiger partial charge in [-0.3, -0.25) is 24.6 Å². The number of halogens is 1. The van der Waals surface area contributed by atoms with Gasteiger partial charge in [-0.25, -0.2) is 4.79 Å². The molecule has 0 bridgehead atoms. The summed E-state index contributed by atoms with van der Waals surface area (Å²) in [6.45, 7) is 3.63. The van der Waals surface area contributed by atoms with E-state index in [9.17, 15) is 19.2 Å². The summed E-state index contributed by atoms with van der Waals surface area (Å²) >= 11 is 3.42. The molecule has 3 aromatic rings. The maximum Gasteiger partial charge on any atom is 0.331 e. The van der Waals surface area contributed by atoms with Crippen molar-refractivity contribution >= 4 is 51.4 Å². The van der Waals surface area contributed by atoms with Crippen LogP contribution < -0.4 is 20.1 Å². The van der Waals surface area contributed by atoms with Crippen molar-refractivity contribution in [3.63, 3.8) is 0 Å². The molecule has 0 saturated carbocycles. The van der Waals surface area contributed by atoms with E-state index in [2.05, 4.69) is 26.6 Å². The van der Waals surface area contributed by atoms with Gasteiger partial charge in [0, 0.05) is 10.2 Å². The Hall–Kier alpha value is -4.38. The monoisotopic (exact) mass is 581 g/mol. The van der Waals surface area contributed by atoms with Crippen LogP contribution >= 0.6 is 15.9 Å². The van der Waals surface area contributed by atoms with E-state index < -0.39 is 17.8 Å². The van der Waals surface area contributed by atoms with E-state index >= 15 is 0 Å². The van der Waals surface area contributed by atoms with Crippen LogP contribution in [0.2, 0.25) is 0 Å². The van der Waals surface area contributed by atoms with Crippen LogP contribution in [0.25, 0.3) is 6.08 Å². The number of carbonyl (C=O) groups excluding carboxylic acids is 4. The summed E-state index contributed by atoms with van der Waals surface area (Å²) < 4.78 is 17.1. The van der Waals surface area contributed by atoms with Gasteiger partial charge in [0.05, 0.1) is 19.4 Å². The largest absolute Gasteiger partial charge is 0.490 e. The van der Waals surface area contributed by atoms with Crippen molar-refractivity contribution in [3.05, 3.63) is 81.7 Å². The first-order valence-corrected chi connectivity index (χ1v) is 12.4. The molecule has 0 aliphatic carbocycles. The predicted octanol–water partition coefficient (Wildman–Crippen LogP) is 4.43. The van der Waals surface area contributed by atoms with Crippen LogP contribution in [-0.4, -0.2) is 41.9 Å². The summed E-state index contributed by atoms with van der Waals surface area (Å²) in [5, 5.41) is 4.93. The predicted molar refractivity (Wildman–Crippen MR) is 141 cm³/mol. The summed E-state index contributed by atoms with van der Waals surface area (Å²) in [7, 11) is 0. The van der Waals surface area contributed by atoms with Crippen LogP contribution in [0.15, 0.2) is 69.3 Å². The molecule has 4 rings (SSSR count). The fraction of sp³-hybridized carbons (Fsp3) is 0.185. The molecule has 196 valence electrons. The highest BCUT2D eigenvalue weighted by molar-refractivity contribution is 9.10. The highest BCUT2D eigenvalue weighted by Gasteiger charge is 2.36. The van der Waals surface area contributed by atoms with E-state index in [1.165, 1.54) is 12.3 Å². The zero-order valence-electron chi connectivity index (χ0n) is 20.6. The molecule has 1 aromatic heterocycles. The molecule has 5 amide bonds. The number of nitrogens with one attached hydrogen (secondary N) is 2. The lowest BCUT2D eigenvalue weighted by atomic mass is 10.1. The van der Waals surface area contributed by atoms with Crippen molar-refractivity contribution in [2.75, 3.05) is 18.5 Å². The number of hydrogen-bond acceptors (Lipinski definition) is 7. The lowest BCUT2D eigenvalue weighted by Gasteiger charge is -2.25. The van der Waals surface area contributed by atoms with Crippen molar-refractivity contribution in [2.24, 2.45) is 0 Å². The molecular weight excluding hydrogens is 558 g/mol. The van der Waals surface area contributed by atoms with Crippen LogP contribution in [-0.2, 0) is 20.9 Å². The zero-order valence-corrected chi connectivity index (χ0v) is 22.2. The van der Waals surface area contributed by atoms with Crippen molar-refractivity contribution in [1.29, 1.82) is 0 Å². The molecule has 2 heterocycles. The first-order chi connectivity index (χ1) is 18.2. The second-order valence-corrected chi connectivity index (χ2v) is 9.10. The molecule has 1 aliphatic heterocycles. The Morgan fingerprint density at radius 1 is 1.11 bits per heavy atom. The highest BCUT2D eigenvalue weighted by Crippen LogP contribution is 2.35. The molecule has 11 heteroatoms. The number of hydrogen-bond donors (Lipinski definition) is 2. The number of furan rings is 1. The second-order valence-electron chi connectivity index (χ2n) is 8.24. The number of amides is 5. The maximum atomic E-state index is 13.0. The fourth-order valence-electron chi connectivity index (χ4n) is 3.57. The summed E-state index contributed by atoms with van der Waals surface area (Å²) in [5.74, 6) is -0.979. The normalized spacial score (nSPS) is 14.4. The highest BCUT2D eigenvalue weighted by atomic mass is 79.9. The van der Waals surface area contributed by atoms with Crippen molar-refractivity contribution in [3.8, 4) is 11.5 Å². The van der Waals surface area contributed by atoms with Crippen molar-refractivity contribution in [1.82, 2.24) is 10.2 Å². The van der Waals surface area contributed by atoms with Gasteiger partial charge in [0.2, 0.25) is 0 Å². The van der Waals surface area contributed by atoms with E-state index in [1.807, 2.05) is 19.1 Å². The molecule has 0 unspecified atom stereocenters. The SMILES string of the molecule is CCOc1cc(/C=C2\C(=O)NC(=O)N(Cc3ccco3)C2=O)c(Br)cc1OCC(=O)Nc1ccc(C)cc1. The van der Waals surface area contributed by atoms with Gasteiger partial charge in [0.15, 0.2) is 18.1 Å². The summed E-state index contributed by atoms with van der Waals surface area (Å²) in [6, 6.07) is 12.9. The summed E-state index contributed by atoms with van der Waals surface area (Å²) in [6.07, 6.45) is 2.77. The third kappa shape index (κ3) is 6.30.